The highest BCUT2D eigenvalue weighted by atomic mass is 32.1. The number of nitrogens with one attached hydrogen (secondary N) is 2. The predicted molar refractivity (Wildman–Crippen MR) is 71.9 cm³/mol. The summed E-state index contributed by atoms with van der Waals surface area (Å²) in [7, 11) is 1.64. The minimum Gasteiger partial charge on any atom is -0.334 e. The first-order valence-corrected chi connectivity index (χ1v) is 6.32. The molecule has 18 heavy (non-hydrogen) atoms. The van der Waals surface area contributed by atoms with Crippen LogP contribution in [0.4, 0.5) is 10.5 Å². The summed E-state index contributed by atoms with van der Waals surface area (Å²) >= 11 is 1.59. The van der Waals surface area contributed by atoms with Gasteiger partial charge in [-0.15, -0.1) is 0 Å². The molecule has 0 unspecified atom stereocenters. The van der Waals surface area contributed by atoms with Crippen molar-refractivity contribution < 1.29 is 4.79 Å². The number of hydrogen-bond donors (Lipinski definition) is 2. The minimum absolute atomic E-state index is 0.112. The largest absolute Gasteiger partial charge is 0.334 e. The van der Waals surface area contributed by atoms with Crippen molar-refractivity contribution in [1.29, 1.82) is 0 Å². The van der Waals surface area contributed by atoms with E-state index in [0.717, 1.165) is 5.56 Å². The van der Waals surface area contributed by atoms with E-state index in [4.69, 9.17) is 0 Å². The van der Waals surface area contributed by atoms with E-state index in [1.807, 2.05) is 16.8 Å². The molecule has 0 radical (unpaired) electrons. The second-order valence-electron chi connectivity index (χ2n) is 3.81. The topological polar surface area (TPSA) is 63.1 Å². The summed E-state index contributed by atoms with van der Waals surface area (Å²) in [5, 5.41) is 9.34. The van der Waals surface area contributed by atoms with Crippen LogP contribution in [0.3, 0.4) is 0 Å². The van der Waals surface area contributed by atoms with Crippen molar-refractivity contribution in [2.45, 2.75) is 6.54 Å². The maximum Gasteiger partial charge on any atom is 0.319 e. The molecule has 5 nitrogen and oxygen atoms in total. The van der Waals surface area contributed by atoms with E-state index in [1.54, 1.807) is 30.6 Å². The monoisotopic (exact) mass is 263 g/mol. The lowest BCUT2D eigenvalue weighted by atomic mass is 10.3. The highest BCUT2D eigenvalue weighted by Gasteiger charge is 2.02. The molecule has 2 heterocycles. The first kappa shape index (κ1) is 12.4. The summed E-state index contributed by atoms with van der Waals surface area (Å²) in [6.45, 7) is 0.487. The van der Waals surface area contributed by atoms with Gasteiger partial charge in [0.15, 0.2) is 0 Å². The fourth-order valence-corrected chi connectivity index (χ4v) is 2.09. The van der Waals surface area contributed by atoms with Crippen LogP contribution in [-0.2, 0) is 13.6 Å². The molecule has 0 bridgehead atoms. The van der Waals surface area contributed by atoms with Gasteiger partial charge in [0.25, 0.3) is 0 Å². The molecule has 6 heteroatoms. The van der Waals surface area contributed by atoms with E-state index < -0.39 is 0 Å². The molecule has 0 atom stereocenters. The second kappa shape index (κ2) is 5.50. The number of rotatable bonds is 3. The Balaban J connectivity index is 1.90. The third-order valence-electron chi connectivity index (χ3n) is 2.38. The maximum absolute atomic E-state index is 11.6. The van der Waals surface area contributed by atoms with E-state index in [0.29, 0.717) is 12.2 Å². The number of nitrogens with zero attached hydrogens (tertiary/aromatic N) is 1. The van der Waals surface area contributed by atoms with Crippen molar-refractivity contribution >= 4 is 23.1 Å². The van der Waals surface area contributed by atoms with Gasteiger partial charge in [0.2, 0.25) is 5.56 Å². The number of aromatic nitrogens is 1. The summed E-state index contributed by atoms with van der Waals surface area (Å²) in [5.41, 5.74) is 1.54. The Kier molecular flexibility index (Phi) is 3.78. The van der Waals surface area contributed by atoms with E-state index in [9.17, 15) is 9.59 Å². The molecule has 0 aliphatic rings. The van der Waals surface area contributed by atoms with Crippen LogP contribution in [0.1, 0.15) is 5.56 Å². The average Bonchev–Trinajstić information content (AvgIpc) is 2.84. The first-order valence-electron chi connectivity index (χ1n) is 5.38. The van der Waals surface area contributed by atoms with Crippen molar-refractivity contribution in [3.8, 4) is 0 Å². The summed E-state index contributed by atoms with van der Waals surface area (Å²) < 4.78 is 1.41. The van der Waals surface area contributed by atoms with Gasteiger partial charge in [-0.3, -0.25) is 4.79 Å². The number of hydrogen-bond acceptors (Lipinski definition) is 3. The zero-order valence-electron chi connectivity index (χ0n) is 9.84. The first-order chi connectivity index (χ1) is 8.65. The van der Waals surface area contributed by atoms with Gasteiger partial charge < -0.3 is 15.2 Å². The molecule has 2 N–H and O–H groups in total. The highest BCUT2D eigenvalue weighted by molar-refractivity contribution is 7.07. The van der Waals surface area contributed by atoms with Crippen molar-refractivity contribution in [1.82, 2.24) is 9.88 Å². The van der Waals surface area contributed by atoms with Crippen LogP contribution >= 0.6 is 11.3 Å². The molecule has 2 rings (SSSR count). The molecule has 94 valence electrons. The van der Waals surface area contributed by atoms with Gasteiger partial charge >= 0.3 is 6.03 Å². The lowest BCUT2D eigenvalue weighted by molar-refractivity contribution is 0.251. The average molecular weight is 263 g/mol. The van der Waals surface area contributed by atoms with E-state index in [1.165, 1.54) is 10.6 Å². The maximum atomic E-state index is 11.6. The molecular weight excluding hydrogens is 250 g/mol. The van der Waals surface area contributed by atoms with Crippen molar-refractivity contribution in [3.05, 3.63) is 51.1 Å². The Morgan fingerprint density at radius 2 is 2.22 bits per heavy atom. The molecule has 0 spiro atoms. The van der Waals surface area contributed by atoms with Crippen LogP contribution in [0.5, 0.6) is 0 Å². The Bertz CT molecular complexity index is 590. The highest BCUT2D eigenvalue weighted by Crippen LogP contribution is 2.05. The zero-order valence-corrected chi connectivity index (χ0v) is 10.7. The quantitative estimate of drug-likeness (QED) is 0.886. The lowest BCUT2D eigenvalue weighted by Crippen LogP contribution is -2.28. The predicted octanol–water partition coefficient (Wildman–Crippen LogP) is 1.77. The van der Waals surface area contributed by atoms with Crippen LogP contribution in [0, 0.1) is 0 Å². The van der Waals surface area contributed by atoms with Crippen molar-refractivity contribution in [3.63, 3.8) is 0 Å². The lowest BCUT2D eigenvalue weighted by Gasteiger charge is -2.07. The van der Waals surface area contributed by atoms with E-state index in [-0.39, 0.29) is 11.6 Å². The fraction of sp³-hybridized carbons (Fsp3) is 0.167. The molecule has 0 aliphatic carbocycles. The van der Waals surface area contributed by atoms with Crippen LogP contribution in [0.25, 0.3) is 0 Å². The Morgan fingerprint density at radius 3 is 2.89 bits per heavy atom. The number of anilines is 1. The van der Waals surface area contributed by atoms with E-state index >= 15 is 0 Å². The van der Waals surface area contributed by atoms with Crippen LogP contribution in [0.2, 0.25) is 0 Å². The number of carbonyl (C=O) groups is 1. The van der Waals surface area contributed by atoms with Gasteiger partial charge in [0, 0.05) is 25.9 Å². The second-order valence-corrected chi connectivity index (χ2v) is 4.59. The van der Waals surface area contributed by atoms with Gasteiger partial charge in [0.1, 0.15) is 0 Å². The van der Waals surface area contributed by atoms with Gasteiger partial charge in [-0.2, -0.15) is 11.3 Å². The molecule has 2 amide bonds. The molecule has 0 saturated carbocycles. The fourth-order valence-electron chi connectivity index (χ4n) is 1.42. The van der Waals surface area contributed by atoms with Crippen molar-refractivity contribution in [2.75, 3.05) is 5.32 Å². The van der Waals surface area contributed by atoms with Gasteiger partial charge in [-0.25, -0.2) is 4.79 Å². The number of amides is 2. The molecule has 2 aromatic heterocycles. The Labute approximate surface area is 108 Å². The number of urea groups is 1. The van der Waals surface area contributed by atoms with Crippen molar-refractivity contribution in [2.24, 2.45) is 7.05 Å². The number of aryl methyl sites for hydroxylation is 1. The molecule has 0 saturated heterocycles. The summed E-state index contributed by atoms with van der Waals surface area (Å²) in [4.78, 5) is 22.8. The SMILES string of the molecule is Cn1cc(NC(=O)NCc2ccsc2)ccc1=O. The number of thiophene rings is 1. The Morgan fingerprint density at radius 1 is 1.39 bits per heavy atom. The minimum atomic E-state index is -0.292. The van der Waals surface area contributed by atoms with Gasteiger partial charge in [-0.05, 0) is 28.5 Å². The number of carbonyl (C=O) groups excluding carboxylic acids is 1. The Hall–Kier alpha value is -2.08. The third kappa shape index (κ3) is 3.21. The van der Waals surface area contributed by atoms with Crippen LogP contribution in [0.15, 0.2) is 40.0 Å². The van der Waals surface area contributed by atoms with Crippen LogP contribution < -0.4 is 16.2 Å². The summed E-state index contributed by atoms with van der Waals surface area (Å²) in [6.07, 6.45) is 1.58. The number of pyridine rings is 1. The van der Waals surface area contributed by atoms with E-state index in [2.05, 4.69) is 10.6 Å². The van der Waals surface area contributed by atoms with Gasteiger partial charge in [-0.1, -0.05) is 0 Å². The standard InChI is InChI=1S/C12H13N3O2S/c1-15-7-10(2-3-11(15)16)14-12(17)13-6-9-4-5-18-8-9/h2-5,7-8H,6H2,1H3,(H2,13,14,17). The molecule has 0 aliphatic heterocycles. The molecular formula is C12H13N3O2S. The summed E-state index contributed by atoms with van der Waals surface area (Å²) in [5.74, 6) is 0. The molecule has 0 aromatic carbocycles. The summed E-state index contributed by atoms with van der Waals surface area (Å²) in [6, 6.07) is 4.65. The molecule has 0 fully saturated rings. The molecule has 2 aromatic rings. The van der Waals surface area contributed by atoms with Crippen LogP contribution in [-0.4, -0.2) is 10.6 Å². The van der Waals surface area contributed by atoms with Gasteiger partial charge in [0.05, 0.1) is 5.69 Å². The zero-order chi connectivity index (χ0) is 13.0. The normalized spacial score (nSPS) is 10.1. The third-order valence-corrected chi connectivity index (χ3v) is 3.11. The smallest absolute Gasteiger partial charge is 0.319 e.